The SMILES string of the molecule is CCCn1c(SCc2cc(=O)oc3cc(C)ccc23)nc2ccc(Br)cc2c1=O. The maximum Gasteiger partial charge on any atom is 0.336 e. The van der Waals surface area contributed by atoms with Gasteiger partial charge in [0.2, 0.25) is 0 Å². The van der Waals surface area contributed by atoms with Crippen molar-refractivity contribution in [3.05, 3.63) is 78.8 Å². The summed E-state index contributed by atoms with van der Waals surface area (Å²) in [6.07, 6.45) is 0.825. The summed E-state index contributed by atoms with van der Waals surface area (Å²) >= 11 is 4.89. The van der Waals surface area contributed by atoms with Gasteiger partial charge < -0.3 is 4.42 Å². The number of rotatable bonds is 5. The number of aromatic nitrogens is 2. The molecule has 0 atom stereocenters. The normalized spacial score (nSPS) is 11.4. The van der Waals surface area contributed by atoms with Gasteiger partial charge in [0.1, 0.15) is 5.58 Å². The van der Waals surface area contributed by atoms with Crippen molar-refractivity contribution in [2.24, 2.45) is 0 Å². The molecule has 0 aliphatic carbocycles. The minimum absolute atomic E-state index is 0.0475. The van der Waals surface area contributed by atoms with Crippen LogP contribution < -0.4 is 11.2 Å². The Morgan fingerprint density at radius 1 is 1.10 bits per heavy atom. The van der Waals surface area contributed by atoms with E-state index in [1.807, 2.05) is 50.2 Å². The van der Waals surface area contributed by atoms with Crippen LogP contribution in [0.25, 0.3) is 21.9 Å². The molecule has 0 saturated heterocycles. The second kappa shape index (κ2) is 8.16. The Hall–Kier alpha value is -2.38. The Labute approximate surface area is 179 Å². The monoisotopic (exact) mass is 470 g/mol. The van der Waals surface area contributed by atoms with Crippen LogP contribution in [0.1, 0.15) is 24.5 Å². The number of aryl methyl sites for hydroxylation is 1. The molecule has 0 unspecified atom stereocenters. The fourth-order valence-corrected chi connectivity index (χ4v) is 4.68. The van der Waals surface area contributed by atoms with E-state index in [1.54, 1.807) is 4.57 Å². The number of thioether (sulfide) groups is 1. The summed E-state index contributed by atoms with van der Waals surface area (Å²) in [6.45, 7) is 4.58. The smallest absolute Gasteiger partial charge is 0.336 e. The predicted octanol–water partition coefficient (Wildman–Crippen LogP) is 5.28. The predicted molar refractivity (Wildman–Crippen MR) is 121 cm³/mol. The lowest BCUT2D eigenvalue weighted by Crippen LogP contribution is -2.23. The van der Waals surface area contributed by atoms with Gasteiger partial charge in [-0.25, -0.2) is 9.78 Å². The second-order valence-electron chi connectivity index (χ2n) is 6.89. The summed E-state index contributed by atoms with van der Waals surface area (Å²) in [4.78, 5) is 29.8. The molecule has 0 N–H and O–H groups in total. The van der Waals surface area contributed by atoms with Crippen LogP contribution in [0, 0.1) is 6.92 Å². The lowest BCUT2D eigenvalue weighted by atomic mass is 10.1. The highest BCUT2D eigenvalue weighted by atomic mass is 79.9. The Balaban J connectivity index is 1.78. The van der Waals surface area contributed by atoms with Gasteiger partial charge in [-0.3, -0.25) is 9.36 Å². The van der Waals surface area contributed by atoms with Crippen molar-refractivity contribution < 1.29 is 4.42 Å². The Kier molecular flexibility index (Phi) is 5.61. The lowest BCUT2D eigenvalue weighted by molar-refractivity contribution is 0.559. The van der Waals surface area contributed by atoms with Gasteiger partial charge in [0.15, 0.2) is 5.16 Å². The molecule has 0 aliphatic heterocycles. The van der Waals surface area contributed by atoms with E-state index in [9.17, 15) is 9.59 Å². The summed E-state index contributed by atoms with van der Waals surface area (Å²) in [7, 11) is 0. The first-order valence-corrected chi connectivity index (χ1v) is 11.1. The van der Waals surface area contributed by atoms with Gasteiger partial charge in [-0.2, -0.15) is 0 Å². The van der Waals surface area contributed by atoms with Crippen molar-refractivity contribution in [1.82, 2.24) is 9.55 Å². The number of fused-ring (bicyclic) bond motifs is 2. The first kappa shape index (κ1) is 19.9. The van der Waals surface area contributed by atoms with Crippen LogP contribution in [0.3, 0.4) is 0 Å². The molecule has 0 aliphatic rings. The Bertz CT molecular complexity index is 1340. The van der Waals surface area contributed by atoms with Crippen molar-refractivity contribution in [2.75, 3.05) is 0 Å². The van der Waals surface area contributed by atoms with Gasteiger partial charge in [-0.15, -0.1) is 0 Å². The molecule has 0 spiro atoms. The third kappa shape index (κ3) is 4.02. The van der Waals surface area contributed by atoms with E-state index in [0.29, 0.717) is 33.9 Å². The minimum Gasteiger partial charge on any atom is -0.423 e. The van der Waals surface area contributed by atoms with Crippen LogP contribution in [-0.4, -0.2) is 9.55 Å². The summed E-state index contributed by atoms with van der Waals surface area (Å²) in [6, 6.07) is 12.9. The molecule has 5 nitrogen and oxygen atoms in total. The summed E-state index contributed by atoms with van der Waals surface area (Å²) < 4.78 is 7.92. The molecule has 2 aromatic carbocycles. The van der Waals surface area contributed by atoms with Gasteiger partial charge in [0.05, 0.1) is 10.9 Å². The van der Waals surface area contributed by atoms with Crippen LogP contribution in [0.4, 0.5) is 0 Å². The van der Waals surface area contributed by atoms with E-state index in [1.165, 1.54) is 17.8 Å². The molecule has 0 amide bonds. The Morgan fingerprint density at radius 2 is 1.93 bits per heavy atom. The van der Waals surface area contributed by atoms with Crippen molar-refractivity contribution in [3.63, 3.8) is 0 Å². The molecule has 2 aromatic heterocycles. The standard InChI is InChI=1S/C22H19BrN2O3S/c1-3-8-25-21(27)17-11-15(23)5-7-18(17)24-22(25)29-12-14-10-20(26)28-19-9-13(2)4-6-16(14)19/h4-7,9-11H,3,8,12H2,1-2H3. The maximum absolute atomic E-state index is 13.0. The van der Waals surface area contributed by atoms with E-state index in [-0.39, 0.29) is 11.2 Å². The minimum atomic E-state index is -0.374. The van der Waals surface area contributed by atoms with Gasteiger partial charge in [0, 0.05) is 28.2 Å². The van der Waals surface area contributed by atoms with Crippen LogP contribution in [0.5, 0.6) is 0 Å². The first-order chi connectivity index (χ1) is 14.0. The van der Waals surface area contributed by atoms with E-state index < -0.39 is 0 Å². The summed E-state index contributed by atoms with van der Waals surface area (Å²) in [5.74, 6) is 0.517. The topological polar surface area (TPSA) is 65.1 Å². The molecule has 0 fully saturated rings. The number of nitrogens with zero attached hydrogens (tertiary/aromatic N) is 2. The van der Waals surface area contributed by atoms with Crippen LogP contribution in [0.2, 0.25) is 0 Å². The zero-order valence-electron chi connectivity index (χ0n) is 16.1. The summed E-state index contributed by atoms with van der Waals surface area (Å²) in [5, 5.41) is 2.15. The third-order valence-corrected chi connectivity index (χ3v) is 6.19. The molecule has 4 rings (SSSR count). The van der Waals surface area contributed by atoms with Crippen LogP contribution in [0.15, 0.2) is 66.1 Å². The largest absolute Gasteiger partial charge is 0.423 e. The highest BCUT2D eigenvalue weighted by Gasteiger charge is 2.13. The molecule has 0 saturated carbocycles. The molecular formula is C22H19BrN2O3S. The number of hydrogen-bond acceptors (Lipinski definition) is 5. The molecular weight excluding hydrogens is 452 g/mol. The average Bonchev–Trinajstić information content (AvgIpc) is 2.68. The van der Waals surface area contributed by atoms with Gasteiger partial charge in [0.25, 0.3) is 5.56 Å². The van der Waals surface area contributed by atoms with Crippen molar-refractivity contribution in [3.8, 4) is 0 Å². The Morgan fingerprint density at radius 3 is 2.72 bits per heavy atom. The second-order valence-corrected chi connectivity index (χ2v) is 8.75. The van der Waals surface area contributed by atoms with E-state index in [2.05, 4.69) is 15.9 Å². The van der Waals surface area contributed by atoms with Gasteiger partial charge in [-0.05, 0) is 48.7 Å². The fourth-order valence-electron chi connectivity index (χ4n) is 3.30. The lowest BCUT2D eigenvalue weighted by Gasteiger charge is -2.13. The average molecular weight is 471 g/mol. The first-order valence-electron chi connectivity index (χ1n) is 9.32. The van der Waals surface area contributed by atoms with Crippen LogP contribution >= 0.6 is 27.7 Å². The fraction of sp³-hybridized carbons (Fsp3) is 0.227. The quantitative estimate of drug-likeness (QED) is 0.225. The molecule has 0 radical (unpaired) electrons. The molecule has 148 valence electrons. The van der Waals surface area contributed by atoms with E-state index in [4.69, 9.17) is 9.40 Å². The van der Waals surface area contributed by atoms with E-state index >= 15 is 0 Å². The maximum atomic E-state index is 13.0. The number of hydrogen-bond donors (Lipinski definition) is 0. The highest BCUT2D eigenvalue weighted by molar-refractivity contribution is 9.10. The van der Waals surface area contributed by atoms with Crippen molar-refractivity contribution >= 4 is 49.6 Å². The van der Waals surface area contributed by atoms with E-state index in [0.717, 1.165) is 27.4 Å². The number of halogens is 1. The highest BCUT2D eigenvalue weighted by Crippen LogP contribution is 2.27. The zero-order valence-corrected chi connectivity index (χ0v) is 18.5. The molecule has 2 heterocycles. The van der Waals surface area contributed by atoms with Gasteiger partial charge in [-0.1, -0.05) is 46.7 Å². The van der Waals surface area contributed by atoms with Crippen molar-refractivity contribution in [2.45, 2.75) is 37.7 Å². The zero-order chi connectivity index (χ0) is 20.5. The molecule has 29 heavy (non-hydrogen) atoms. The third-order valence-electron chi connectivity index (χ3n) is 4.67. The molecule has 0 bridgehead atoms. The van der Waals surface area contributed by atoms with Crippen LogP contribution in [-0.2, 0) is 12.3 Å². The van der Waals surface area contributed by atoms with Crippen molar-refractivity contribution in [1.29, 1.82) is 0 Å². The summed E-state index contributed by atoms with van der Waals surface area (Å²) in [5.41, 5.74) is 2.73. The molecule has 7 heteroatoms. The van der Waals surface area contributed by atoms with Gasteiger partial charge >= 0.3 is 5.63 Å². The number of benzene rings is 2. The molecule has 4 aromatic rings.